The lowest BCUT2D eigenvalue weighted by atomic mass is 10.2. The number of hydrogen-bond donors (Lipinski definition) is 1. The van der Waals surface area contributed by atoms with Gasteiger partial charge in [0.15, 0.2) is 0 Å². The number of benzene rings is 2. The molecule has 21 heavy (non-hydrogen) atoms. The molecular formula is C17H16N2OS. The zero-order valence-corrected chi connectivity index (χ0v) is 12.4. The molecule has 0 radical (unpaired) electrons. The van der Waals surface area contributed by atoms with Gasteiger partial charge in [-0.05, 0) is 42.7 Å². The zero-order chi connectivity index (χ0) is 14.1. The number of para-hydroxylation sites is 1. The maximum Gasteiger partial charge on any atom is 0.279 e. The first-order chi connectivity index (χ1) is 10.4. The summed E-state index contributed by atoms with van der Waals surface area (Å²) in [4.78, 5) is 4.48. The average molecular weight is 296 g/mol. The lowest BCUT2D eigenvalue weighted by molar-refractivity contribution is 0.480. The summed E-state index contributed by atoms with van der Waals surface area (Å²) in [7, 11) is 0. The third-order valence-corrected chi connectivity index (χ3v) is 4.49. The molecule has 1 aliphatic carbocycles. The number of thiazole rings is 1. The monoisotopic (exact) mass is 296 g/mol. The van der Waals surface area contributed by atoms with Crippen molar-refractivity contribution in [1.82, 2.24) is 10.3 Å². The Kier molecular flexibility index (Phi) is 3.33. The van der Waals surface area contributed by atoms with Gasteiger partial charge in [0, 0.05) is 12.6 Å². The molecule has 1 aliphatic rings. The standard InChI is InChI=1S/C17H16N2OS/c1-2-4-16-15(3-1)19-17(21-16)20-14-9-5-12(6-10-14)11-18-13-7-8-13/h1-6,9-10,13,18H,7-8,11H2. The molecule has 3 aromatic rings. The largest absolute Gasteiger partial charge is 0.431 e. The fourth-order valence-electron chi connectivity index (χ4n) is 2.22. The highest BCUT2D eigenvalue weighted by Gasteiger charge is 2.19. The first kappa shape index (κ1) is 12.8. The average Bonchev–Trinajstić information content (AvgIpc) is 3.25. The van der Waals surface area contributed by atoms with Crippen LogP contribution >= 0.6 is 11.3 Å². The number of ether oxygens (including phenoxy) is 1. The molecule has 1 heterocycles. The summed E-state index contributed by atoms with van der Waals surface area (Å²) in [5.74, 6) is 0.837. The minimum absolute atomic E-state index is 0.694. The van der Waals surface area contributed by atoms with Crippen LogP contribution in [0.15, 0.2) is 48.5 Å². The molecule has 1 fully saturated rings. The second-order valence-corrected chi connectivity index (χ2v) is 6.34. The molecule has 2 aromatic carbocycles. The first-order valence-corrected chi connectivity index (χ1v) is 8.04. The van der Waals surface area contributed by atoms with E-state index in [2.05, 4.69) is 28.5 Å². The van der Waals surface area contributed by atoms with Crippen molar-refractivity contribution in [3.05, 3.63) is 54.1 Å². The molecule has 0 unspecified atom stereocenters. The van der Waals surface area contributed by atoms with E-state index in [1.807, 2.05) is 30.3 Å². The molecular weight excluding hydrogens is 280 g/mol. The van der Waals surface area contributed by atoms with Gasteiger partial charge >= 0.3 is 0 Å². The summed E-state index contributed by atoms with van der Waals surface area (Å²) < 4.78 is 6.99. The molecule has 0 aliphatic heterocycles. The lowest BCUT2D eigenvalue weighted by Gasteiger charge is -2.05. The van der Waals surface area contributed by atoms with E-state index in [0.29, 0.717) is 5.19 Å². The van der Waals surface area contributed by atoms with Crippen molar-refractivity contribution in [3.8, 4) is 10.9 Å². The summed E-state index contributed by atoms with van der Waals surface area (Å²) in [6.45, 7) is 0.937. The third kappa shape index (κ3) is 3.06. The van der Waals surface area contributed by atoms with E-state index >= 15 is 0 Å². The van der Waals surface area contributed by atoms with Crippen LogP contribution in [0.2, 0.25) is 0 Å². The Morgan fingerprint density at radius 3 is 2.67 bits per heavy atom. The number of nitrogens with zero attached hydrogens (tertiary/aromatic N) is 1. The molecule has 4 rings (SSSR count). The normalized spacial score (nSPS) is 14.5. The summed E-state index contributed by atoms with van der Waals surface area (Å²) >= 11 is 1.57. The summed E-state index contributed by atoms with van der Waals surface area (Å²) in [5, 5.41) is 4.20. The molecule has 0 amide bonds. The Morgan fingerprint density at radius 2 is 1.90 bits per heavy atom. The smallest absolute Gasteiger partial charge is 0.279 e. The maximum atomic E-state index is 5.84. The topological polar surface area (TPSA) is 34.1 Å². The van der Waals surface area contributed by atoms with Gasteiger partial charge in [-0.3, -0.25) is 0 Å². The van der Waals surface area contributed by atoms with E-state index in [9.17, 15) is 0 Å². The van der Waals surface area contributed by atoms with Gasteiger partial charge in [0.2, 0.25) is 0 Å². The van der Waals surface area contributed by atoms with Gasteiger partial charge in [-0.25, -0.2) is 4.98 Å². The van der Waals surface area contributed by atoms with Crippen molar-refractivity contribution in [1.29, 1.82) is 0 Å². The predicted octanol–water partition coefficient (Wildman–Crippen LogP) is 4.34. The number of hydrogen-bond acceptors (Lipinski definition) is 4. The molecule has 1 N–H and O–H groups in total. The second-order valence-electron chi connectivity index (χ2n) is 5.35. The molecule has 106 valence electrons. The molecule has 4 heteroatoms. The highest BCUT2D eigenvalue weighted by atomic mass is 32.1. The van der Waals surface area contributed by atoms with Crippen molar-refractivity contribution in [2.75, 3.05) is 0 Å². The number of fused-ring (bicyclic) bond motifs is 1. The Labute approximate surface area is 127 Å². The van der Waals surface area contributed by atoms with Crippen LogP contribution in [0, 0.1) is 0 Å². The van der Waals surface area contributed by atoms with Crippen LogP contribution in [0.25, 0.3) is 10.2 Å². The number of rotatable bonds is 5. The Balaban J connectivity index is 1.45. The van der Waals surface area contributed by atoms with E-state index in [1.54, 1.807) is 11.3 Å². The van der Waals surface area contributed by atoms with Gasteiger partial charge in [-0.2, -0.15) is 0 Å². The highest BCUT2D eigenvalue weighted by molar-refractivity contribution is 7.20. The van der Waals surface area contributed by atoms with E-state index in [0.717, 1.165) is 28.6 Å². The maximum absolute atomic E-state index is 5.84. The van der Waals surface area contributed by atoms with Gasteiger partial charge in [-0.15, -0.1) is 0 Å². The van der Waals surface area contributed by atoms with E-state index in [-0.39, 0.29) is 0 Å². The van der Waals surface area contributed by atoms with Crippen molar-refractivity contribution < 1.29 is 4.74 Å². The number of nitrogens with one attached hydrogen (secondary N) is 1. The second kappa shape index (κ2) is 5.47. The van der Waals surface area contributed by atoms with E-state index in [1.165, 1.54) is 18.4 Å². The van der Waals surface area contributed by atoms with Gasteiger partial charge in [-0.1, -0.05) is 35.6 Å². The Morgan fingerprint density at radius 1 is 1.10 bits per heavy atom. The Hall–Kier alpha value is -1.91. The van der Waals surface area contributed by atoms with Gasteiger partial charge < -0.3 is 10.1 Å². The Bertz CT molecular complexity index is 714. The SMILES string of the molecule is c1ccc2sc(Oc3ccc(CNC4CC4)cc3)nc2c1. The fraction of sp³-hybridized carbons (Fsp3) is 0.235. The minimum Gasteiger partial charge on any atom is -0.431 e. The predicted molar refractivity (Wildman–Crippen MR) is 86.0 cm³/mol. The van der Waals surface area contributed by atoms with Crippen LogP contribution in [0.1, 0.15) is 18.4 Å². The first-order valence-electron chi connectivity index (χ1n) is 7.22. The quantitative estimate of drug-likeness (QED) is 0.760. The van der Waals surface area contributed by atoms with Crippen LogP contribution in [0.5, 0.6) is 10.9 Å². The third-order valence-electron chi connectivity index (χ3n) is 3.57. The molecule has 0 atom stereocenters. The van der Waals surface area contributed by atoms with Crippen LogP contribution < -0.4 is 10.1 Å². The van der Waals surface area contributed by atoms with Gasteiger partial charge in [0.1, 0.15) is 5.75 Å². The minimum atomic E-state index is 0.694. The summed E-state index contributed by atoms with van der Waals surface area (Å²) in [6, 6.07) is 17.1. The van der Waals surface area contributed by atoms with Crippen LogP contribution in [-0.4, -0.2) is 11.0 Å². The zero-order valence-electron chi connectivity index (χ0n) is 11.6. The van der Waals surface area contributed by atoms with Gasteiger partial charge in [0.25, 0.3) is 5.19 Å². The molecule has 0 bridgehead atoms. The van der Waals surface area contributed by atoms with Crippen molar-refractivity contribution in [2.24, 2.45) is 0 Å². The molecule has 0 saturated heterocycles. The van der Waals surface area contributed by atoms with Crippen LogP contribution in [0.3, 0.4) is 0 Å². The summed E-state index contributed by atoms with van der Waals surface area (Å²) in [6.07, 6.45) is 2.64. The molecule has 0 spiro atoms. The summed E-state index contributed by atoms with van der Waals surface area (Å²) in [5.41, 5.74) is 2.28. The molecule has 1 aromatic heterocycles. The highest BCUT2D eigenvalue weighted by Crippen LogP contribution is 2.31. The van der Waals surface area contributed by atoms with Crippen molar-refractivity contribution in [3.63, 3.8) is 0 Å². The van der Waals surface area contributed by atoms with E-state index in [4.69, 9.17) is 4.74 Å². The van der Waals surface area contributed by atoms with Crippen LogP contribution in [-0.2, 0) is 6.54 Å². The number of aromatic nitrogens is 1. The molecule has 3 nitrogen and oxygen atoms in total. The van der Waals surface area contributed by atoms with Crippen molar-refractivity contribution >= 4 is 21.6 Å². The van der Waals surface area contributed by atoms with Gasteiger partial charge in [0.05, 0.1) is 10.2 Å². The van der Waals surface area contributed by atoms with Crippen LogP contribution in [0.4, 0.5) is 0 Å². The van der Waals surface area contributed by atoms with Crippen molar-refractivity contribution in [2.45, 2.75) is 25.4 Å². The lowest BCUT2D eigenvalue weighted by Crippen LogP contribution is -2.14. The van der Waals surface area contributed by atoms with E-state index < -0.39 is 0 Å². The fourth-order valence-corrected chi connectivity index (χ4v) is 3.06. The molecule has 1 saturated carbocycles.